The number of anilines is 3. The largest absolute Gasteiger partial charge is 0.497 e. The Morgan fingerprint density at radius 1 is 1.00 bits per heavy atom. The second-order valence-electron chi connectivity index (χ2n) is 6.65. The van der Waals surface area contributed by atoms with Crippen molar-refractivity contribution < 1.29 is 14.3 Å². The molecule has 0 atom stereocenters. The van der Waals surface area contributed by atoms with E-state index < -0.39 is 0 Å². The van der Waals surface area contributed by atoms with Crippen LogP contribution in [0.15, 0.2) is 54.7 Å². The number of amides is 1. The molecule has 0 spiro atoms. The molecule has 0 saturated heterocycles. The fraction of sp³-hybridized carbons (Fsp3) is 0.227. The predicted molar refractivity (Wildman–Crippen MR) is 113 cm³/mol. The molecule has 7 nitrogen and oxygen atoms in total. The number of rotatable bonds is 7. The van der Waals surface area contributed by atoms with Gasteiger partial charge in [0.05, 0.1) is 19.9 Å². The van der Waals surface area contributed by atoms with Crippen molar-refractivity contribution in [2.75, 3.05) is 24.9 Å². The quantitative estimate of drug-likeness (QED) is 0.611. The summed E-state index contributed by atoms with van der Waals surface area (Å²) in [4.78, 5) is 21.3. The van der Waals surface area contributed by atoms with Crippen molar-refractivity contribution in [1.29, 1.82) is 0 Å². The lowest BCUT2D eigenvalue weighted by atomic mass is 10.0. The normalized spacial score (nSPS) is 10.5. The standard InChI is InChI=1S/C22H24N4O3/c1-14(2)16-7-5-6-8-17(16)25-22-23-12-11-19(26-22)21(27)24-18-10-9-15(28-3)13-20(18)29-4/h5-14H,1-4H3,(H,24,27)(H,23,25,26). The zero-order chi connectivity index (χ0) is 20.8. The third-order valence-corrected chi connectivity index (χ3v) is 4.37. The number of methoxy groups -OCH3 is 2. The summed E-state index contributed by atoms with van der Waals surface area (Å²) >= 11 is 0. The van der Waals surface area contributed by atoms with Gasteiger partial charge in [-0.2, -0.15) is 0 Å². The molecule has 150 valence electrons. The topological polar surface area (TPSA) is 85.4 Å². The molecule has 0 fully saturated rings. The first kappa shape index (κ1) is 20.1. The van der Waals surface area contributed by atoms with Crippen LogP contribution in [-0.2, 0) is 0 Å². The van der Waals surface area contributed by atoms with Gasteiger partial charge in [0.15, 0.2) is 0 Å². The van der Waals surface area contributed by atoms with Gasteiger partial charge in [-0.25, -0.2) is 9.97 Å². The van der Waals surface area contributed by atoms with Crippen LogP contribution in [0.3, 0.4) is 0 Å². The number of ether oxygens (including phenoxy) is 2. The van der Waals surface area contributed by atoms with E-state index in [1.165, 1.54) is 7.11 Å². The number of benzene rings is 2. The SMILES string of the molecule is COc1ccc(NC(=O)c2ccnc(Nc3ccccc3C(C)C)n2)c(OC)c1. The van der Waals surface area contributed by atoms with E-state index in [-0.39, 0.29) is 11.6 Å². The first-order chi connectivity index (χ1) is 14.0. The van der Waals surface area contributed by atoms with Gasteiger partial charge in [-0.3, -0.25) is 4.79 Å². The molecule has 0 aliphatic carbocycles. The highest BCUT2D eigenvalue weighted by Crippen LogP contribution is 2.29. The van der Waals surface area contributed by atoms with E-state index in [0.29, 0.717) is 29.1 Å². The van der Waals surface area contributed by atoms with Crippen molar-refractivity contribution in [2.45, 2.75) is 19.8 Å². The van der Waals surface area contributed by atoms with Crippen LogP contribution < -0.4 is 20.1 Å². The minimum Gasteiger partial charge on any atom is -0.497 e. The molecule has 0 saturated carbocycles. The third kappa shape index (κ3) is 4.82. The van der Waals surface area contributed by atoms with Crippen molar-refractivity contribution >= 4 is 23.2 Å². The predicted octanol–water partition coefficient (Wildman–Crippen LogP) is 4.61. The Morgan fingerprint density at radius 2 is 1.79 bits per heavy atom. The summed E-state index contributed by atoms with van der Waals surface area (Å²) in [6.07, 6.45) is 1.55. The molecule has 0 aliphatic heterocycles. The first-order valence-corrected chi connectivity index (χ1v) is 9.24. The van der Waals surface area contributed by atoms with Gasteiger partial charge in [-0.1, -0.05) is 32.0 Å². The number of nitrogens with zero attached hydrogens (tertiary/aromatic N) is 2. The fourth-order valence-electron chi connectivity index (χ4n) is 2.87. The lowest BCUT2D eigenvalue weighted by Gasteiger charge is -2.14. The molecular formula is C22H24N4O3. The van der Waals surface area contributed by atoms with Crippen LogP contribution in [0.1, 0.15) is 35.8 Å². The number of hydrogen-bond donors (Lipinski definition) is 2. The second-order valence-corrected chi connectivity index (χ2v) is 6.65. The number of hydrogen-bond acceptors (Lipinski definition) is 6. The third-order valence-electron chi connectivity index (χ3n) is 4.37. The number of nitrogens with one attached hydrogen (secondary N) is 2. The molecule has 1 aromatic heterocycles. The van der Waals surface area contributed by atoms with Gasteiger partial charge in [0.1, 0.15) is 17.2 Å². The molecule has 0 radical (unpaired) electrons. The summed E-state index contributed by atoms with van der Waals surface area (Å²) in [5, 5.41) is 6.02. The van der Waals surface area contributed by atoms with Gasteiger partial charge in [-0.15, -0.1) is 0 Å². The van der Waals surface area contributed by atoms with Crippen LogP contribution >= 0.6 is 0 Å². The summed E-state index contributed by atoms with van der Waals surface area (Å²) in [6, 6.07) is 14.7. The van der Waals surface area contributed by atoms with Crippen LogP contribution in [0.4, 0.5) is 17.3 Å². The Morgan fingerprint density at radius 3 is 2.52 bits per heavy atom. The van der Waals surface area contributed by atoms with E-state index in [1.54, 1.807) is 37.6 Å². The van der Waals surface area contributed by atoms with Gasteiger partial charge < -0.3 is 20.1 Å². The molecule has 1 heterocycles. The molecule has 7 heteroatoms. The van der Waals surface area contributed by atoms with E-state index >= 15 is 0 Å². The highest BCUT2D eigenvalue weighted by Gasteiger charge is 2.14. The van der Waals surface area contributed by atoms with Gasteiger partial charge in [0.2, 0.25) is 5.95 Å². The van der Waals surface area contributed by atoms with Gasteiger partial charge in [-0.05, 0) is 35.7 Å². The van der Waals surface area contributed by atoms with Crippen molar-refractivity contribution in [1.82, 2.24) is 9.97 Å². The lowest BCUT2D eigenvalue weighted by Crippen LogP contribution is -2.15. The molecule has 3 aromatic rings. The van der Waals surface area contributed by atoms with Gasteiger partial charge in [0.25, 0.3) is 5.91 Å². The molecule has 1 amide bonds. The summed E-state index contributed by atoms with van der Waals surface area (Å²) < 4.78 is 10.5. The monoisotopic (exact) mass is 392 g/mol. The van der Waals surface area contributed by atoms with Crippen molar-refractivity contribution in [3.63, 3.8) is 0 Å². The zero-order valence-electron chi connectivity index (χ0n) is 16.9. The molecular weight excluding hydrogens is 368 g/mol. The number of carbonyl (C=O) groups is 1. The summed E-state index contributed by atoms with van der Waals surface area (Å²) in [6.45, 7) is 4.24. The zero-order valence-corrected chi connectivity index (χ0v) is 16.9. The first-order valence-electron chi connectivity index (χ1n) is 9.24. The lowest BCUT2D eigenvalue weighted by molar-refractivity contribution is 0.102. The maximum Gasteiger partial charge on any atom is 0.274 e. The average molecular weight is 392 g/mol. The average Bonchev–Trinajstić information content (AvgIpc) is 2.74. The highest BCUT2D eigenvalue weighted by molar-refractivity contribution is 6.03. The number of para-hydroxylation sites is 1. The molecule has 2 N–H and O–H groups in total. The molecule has 0 bridgehead atoms. The molecule has 3 rings (SSSR count). The maximum atomic E-state index is 12.7. The van der Waals surface area contributed by atoms with Crippen LogP contribution in [0.2, 0.25) is 0 Å². The smallest absolute Gasteiger partial charge is 0.274 e. The maximum absolute atomic E-state index is 12.7. The molecule has 0 aliphatic rings. The van der Waals surface area contributed by atoms with Gasteiger partial charge in [0, 0.05) is 18.0 Å². The summed E-state index contributed by atoms with van der Waals surface area (Å²) in [5.74, 6) is 1.46. The van der Waals surface area contributed by atoms with Crippen LogP contribution in [0.25, 0.3) is 0 Å². The Balaban J connectivity index is 1.80. The Kier molecular flexibility index (Phi) is 6.29. The van der Waals surface area contributed by atoms with E-state index in [2.05, 4.69) is 40.5 Å². The Bertz CT molecular complexity index is 1000. The van der Waals surface area contributed by atoms with Crippen LogP contribution in [-0.4, -0.2) is 30.1 Å². The Hall–Kier alpha value is -3.61. The van der Waals surface area contributed by atoms with Gasteiger partial charge >= 0.3 is 0 Å². The molecule has 0 unspecified atom stereocenters. The van der Waals surface area contributed by atoms with Crippen molar-refractivity contribution in [2.24, 2.45) is 0 Å². The Labute approximate surface area is 170 Å². The minimum atomic E-state index is -0.365. The van der Waals surface area contributed by atoms with E-state index in [9.17, 15) is 4.79 Å². The summed E-state index contributed by atoms with van der Waals surface area (Å²) in [7, 11) is 3.10. The number of carbonyl (C=O) groups excluding carboxylic acids is 1. The highest BCUT2D eigenvalue weighted by atomic mass is 16.5. The van der Waals surface area contributed by atoms with E-state index in [1.807, 2.05) is 18.2 Å². The number of aromatic nitrogens is 2. The van der Waals surface area contributed by atoms with E-state index in [0.717, 1.165) is 11.3 Å². The second kappa shape index (κ2) is 9.05. The summed E-state index contributed by atoms with van der Waals surface area (Å²) in [5.41, 5.74) is 2.82. The van der Waals surface area contributed by atoms with E-state index in [4.69, 9.17) is 9.47 Å². The fourth-order valence-corrected chi connectivity index (χ4v) is 2.87. The van der Waals surface area contributed by atoms with Crippen LogP contribution in [0, 0.1) is 0 Å². The molecule has 2 aromatic carbocycles. The van der Waals surface area contributed by atoms with Crippen molar-refractivity contribution in [3.05, 3.63) is 66.0 Å². The molecule has 29 heavy (non-hydrogen) atoms. The van der Waals surface area contributed by atoms with Crippen molar-refractivity contribution in [3.8, 4) is 11.5 Å². The minimum absolute atomic E-state index is 0.238. The van der Waals surface area contributed by atoms with Crippen LogP contribution in [0.5, 0.6) is 11.5 Å².